The molecule has 3 aliphatic carbocycles. The lowest BCUT2D eigenvalue weighted by Gasteiger charge is -2.46. The van der Waals surface area contributed by atoms with E-state index in [9.17, 15) is 0 Å². The van der Waals surface area contributed by atoms with Crippen LogP contribution >= 0.6 is 22.7 Å². The number of hydrogen-bond acceptors (Lipinski definition) is 5. The van der Waals surface area contributed by atoms with E-state index in [1.54, 1.807) is 0 Å². The number of furan rings is 1. The van der Waals surface area contributed by atoms with Crippen molar-refractivity contribution in [3.8, 4) is 11.1 Å². The summed E-state index contributed by atoms with van der Waals surface area (Å²) < 4.78 is 12.9. The van der Waals surface area contributed by atoms with Crippen molar-refractivity contribution < 1.29 is 4.42 Å². The van der Waals surface area contributed by atoms with Crippen LogP contribution in [0.25, 0.3) is 63.3 Å². The number of hydrogen-bond donors (Lipinski definition) is 0. The van der Waals surface area contributed by atoms with Crippen LogP contribution in [0.1, 0.15) is 181 Å². The second kappa shape index (κ2) is 15.5. The zero-order chi connectivity index (χ0) is 54.3. The monoisotopic (exact) mass is 1060 g/mol. The maximum atomic E-state index is 7.45. The average molecular weight is 1060 g/mol. The van der Waals surface area contributed by atoms with E-state index < -0.39 is 0 Å². The van der Waals surface area contributed by atoms with Gasteiger partial charge in [0.05, 0.1) is 11.4 Å². The van der Waals surface area contributed by atoms with Gasteiger partial charge in [-0.2, -0.15) is 0 Å². The van der Waals surface area contributed by atoms with Crippen LogP contribution in [0.2, 0.25) is 0 Å². The van der Waals surface area contributed by atoms with Gasteiger partial charge in [-0.1, -0.05) is 140 Å². The first-order chi connectivity index (χ1) is 36.7. The van der Waals surface area contributed by atoms with Crippen LogP contribution in [0.3, 0.4) is 0 Å². The summed E-state index contributed by atoms with van der Waals surface area (Å²) in [6.45, 7) is 36.5. The predicted octanol–water partition coefficient (Wildman–Crippen LogP) is 20.2. The van der Waals surface area contributed by atoms with E-state index in [2.05, 4.69) is 223 Å². The van der Waals surface area contributed by atoms with E-state index in [0.717, 1.165) is 29.4 Å². The molecule has 0 N–H and O–H groups in total. The molecule has 15 rings (SSSR count). The lowest BCUT2D eigenvalue weighted by Crippen LogP contribution is -2.60. The number of thiophene rings is 2. The first-order valence-corrected chi connectivity index (χ1v) is 30.9. The lowest BCUT2D eigenvalue weighted by molar-refractivity contribution is 0.332. The van der Waals surface area contributed by atoms with Gasteiger partial charge >= 0.3 is 6.85 Å². The van der Waals surface area contributed by atoms with Gasteiger partial charge in [-0.05, 0) is 199 Å². The second-order valence-corrected chi connectivity index (χ2v) is 31.8. The minimum atomic E-state index is -0.143. The summed E-state index contributed by atoms with van der Waals surface area (Å²) in [7, 11) is 0. The summed E-state index contributed by atoms with van der Waals surface area (Å²) in [4.78, 5) is 5.49. The smallest absolute Gasteiger partial charge is 0.343 e. The molecule has 394 valence electrons. The molecule has 5 aliphatic rings. The Kier molecular flexibility index (Phi) is 9.81. The first kappa shape index (κ1) is 49.2. The summed E-state index contributed by atoms with van der Waals surface area (Å²) in [5.74, 6) is 0. The third-order valence-electron chi connectivity index (χ3n) is 20.8. The van der Waals surface area contributed by atoms with E-state index in [-0.39, 0.29) is 44.8 Å². The van der Waals surface area contributed by atoms with Crippen molar-refractivity contribution in [2.24, 2.45) is 0 Å². The van der Waals surface area contributed by atoms with E-state index >= 15 is 0 Å². The molecule has 6 heteroatoms. The van der Waals surface area contributed by atoms with Crippen LogP contribution in [-0.2, 0) is 37.9 Å². The molecule has 0 radical (unpaired) electrons. The van der Waals surface area contributed by atoms with Crippen LogP contribution in [0.5, 0.6) is 0 Å². The predicted molar refractivity (Wildman–Crippen MR) is 340 cm³/mol. The van der Waals surface area contributed by atoms with E-state index in [4.69, 9.17) is 4.42 Å². The zero-order valence-electron chi connectivity index (χ0n) is 48.8. The van der Waals surface area contributed by atoms with Gasteiger partial charge in [0, 0.05) is 68.4 Å². The number of benzene rings is 7. The van der Waals surface area contributed by atoms with Crippen LogP contribution in [0.4, 0.5) is 28.4 Å². The fraction of sp³-hybridized carbons (Fsp3) is 0.389. The molecule has 0 unspecified atom stereocenters. The molecule has 3 aromatic heterocycles. The van der Waals surface area contributed by atoms with Crippen molar-refractivity contribution in [1.29, 1.82) is 0 Å². The zero-order valence-corrected chi connectivity index (χ0v) is 50.5. The maximum absolute atomic E-state index is 7.45. The third-order valence-corrected chi connectivity index (χ3v) is 23.1. The van der Waals surface area contributed by atoms with Gasteiger partial charge in [-0.15, -0.1) is 22.7 Å². The molecular weight excluding hydrogens is 984 g/mol. The minimum absolute atomic E-state index is 0.0137. The molecule has 7 aromatic carbocycles. The standard InChI is InChI=1S/C72H75BN2OS2/c1-66(2,3)40-20-22-41(23-21-40)75-56-39-60-45(46-35-52-54(37-58(46)77-60)71(12,13)30-28-69(52,8)9)33-44(56)47-34-48-43-18-16-17-19-57(43)76-64(48)63-61(47)73(75)65-62(49-36-53-55(38-59(49)78-65)72(14,15)31-29-70(53,10)11)74(63)42-24-25-50-51(32-42)68(6,7)27-26-67(50,4)5/h16-25,32-39H,26-31H2,1-15H3. The molecule has 0 fully saturated rings. The van der Waals surface area contributed by atoms with Crippen LogP contribution in [0.15, 0.2) is 114 Å². The van der Waals surface area contributed by atoms with Crippen molar-refractivity contribution in [1.82, 2.24) is 0 Å². The van der Waals surface area contributed by atoms with Gasteiger partial charge in [0.2, 0.25) is 0 Å². The molecule has 0 saturated heterocycles. The Labute approximate surface area is 471 Å². The van der Waals surface area contributed by atoms with Gasteiger partial charge in [0.15, 0.2) is 5.58 Å². The highest BCUT2D eigenvalue weighted by molar-refractivity contribution is 7.32. The largest absolute Gasteiger partial charge is 0.454 e. The van der Waals surface area contributed by atoms with Crippen LogP contribution in [0, 0.1) is 0 Å². The number of para-hydroxylation sites is 1. The Morgan fingerprint density at radius 3 is 1.56 bits per heavy atom. The minimum Gasteiger partial charge on any atom is -0.454 e. The summed E-state index contributed by atoms with van der Waals surface area (Å²) >= 11 is 4.03. The molecule has 78 heavy (non-hydrogen) atoms. The summed E-state index contributed by atoms with van der Waals surface area (Å²) in [5, 5.41) is 6.43. The number of rotatable bonds is 2. The topological polar surface area (TPSA) is 19.6 Å². The molecule has 0 amide bonds. The SMILES string of the molecule is CC(C)(C)c1ccc(N2B3c4sc5cc6c(cc5c4N(c4ccc5c(c4)C(C)(C)CCC5(C)C)c4c3c(cc3c4oc4ccccc43)-c3cc4c(cc32)sc2cc3c(cc24)C(C)(C)CCC3(C)C)C(C)(C)CCC6(C)C)cc1. The second-order valence-electron chi connectivity index (χ2n) is 29.7. The molecule has 3 nitrogen and oxygen atoms in total. The van der Waals surface area contributed by atoms with Crippen LogP contribution in [-0.4, -0.2) is 6.85 Å². The fourth-order valence-corrected chi connectivity index (χ4v) is 17.9. The van der Waals surface area contributed by atoms with Crippen molar-refractivity contribution in [3.05, 3.63) is 148 Å². The highest BCUT2D eigenvalue weighted by atomic mass is 32.1. The highest BCUT2D eigenvalue weighted by Gasteiger charge is 2.50. The van der Waals surface area contributed by atoms with Gasteiger partial charge in [0.25, 0.3) is 0 Å². The van der Waals surface area contributed by atoms with E-state index in [0.29, 0.717) is 0 Å². The Hall–Kier alpha value is -5.82. The lowest BCUT2D eigenvalue weighted by atomic mass is 9.46. The molecular formula is C72H75BN2OS2. The highest BCUT2D eigenvalue weighted by Crippen LogP contribution is 2.58. The van der Waals surface area contributed by atoms with Crippen molar-refractivity contribution >= 4 is 120 Å². The van der Waals surface area contributed by atoms with Gasteiger partial charge in [-0.25, -0.2) is 0 Å². The number of nitrogens with zero attached hydrogens (tertiary/aromatic N) is 2. The average Bonchev–Trinajstić information content (AvgIpc) is 3.91. The molecule has 2 aliphatic heterocycles. The van der Waals surface area contributed by atoms with Crippen molar-refractivity contribution in [3.63, 3.8) is 0 Å². The van der Waals surface area contributed by atoms with Gasteiger partial charge in [0.1, 0.15) is 5.58 Å². The summed E-state index contributed by atoms with van der Waals surface area (Å²) in [6.07, 6.45) is 7.07. The fourth-order valence-electron chi connectivity index (χ4n) is 15.5. The molecule has 0 saturated carbocycles. The van der Waals surface area contributed by atoms with Crippen molar-refractivity contribution in [2.75, 3.05) is 9.71 Å². The Bertz CT molecular complexity index is 4280. The number of fused-ring (bicyclic) bond motifs is 16. The van der Waals surface area contributed by atoms with Gasteiger partial charge < -0.3 is 14.1 Å². The molecule has 0 spiro atoms. The molecule has 10 aromatic rings. The normalized spacial score (nSPS) is 20.0. The maximum Gasteiger partial charge on any atom is 0.343 e. The van der Waals surface area contributed by atoms with Crippen LogP contribution < -0.4 is 20.0 Å². The third kappa shape index (κ3) is 6.74. The molecule has 5 heterocycles. The Morgan fingerprint density at radius 1 is 0.449 bits per heavy atom. The molecule has 0 bridgehead atoms. The van der Waals surface area contributed by atoms with E-state index in [1.165, 1.54) is 150 Å². The van der Waals surface area contributed by atoms with Gasteiger partial charge in [-0.3, -0.25) is 0 Å². The quantitative estimate of drug-likeness (QED) is 0.161. The first-order valence-electron chi connectivity index (χ1n) is 29.2. The van der Waals surface area contributed by atoms with E-state index in [1.807, 2.05) is 22.7 Å². The number of anilines is 5. The summed E-state index contributed by atoms with van der Waals surface area (Å²) in [5.41, 5.74) is 22.8. The Balaban J connectivity index is 1.12. The molecule has 0 atom stereocenters. The van der Waals surface area contributed by atoms with Crippen molar-refractivity contribution in [2.45, 2.75) is 180 Å². The summed E-state index contributed by atoms with van der Waals surface area (Å²) in [6, 6.07) is 44.3. The Morgan fingerprint density at radius 2 is 0.949 bits per heavy atom.